The molecule has 1 aromatic rings. The Morgan fingerprint density at radius 3 is 2.76 bits per heavy atom. The third kappa shape index (κ3) is 4.60. The molecule has 96 valence electrons. The summed E-state index contributed by atoms with van der Waals surface area (Å²) in [4.78, 5) is 0. The Bertz CT molecular complexity index is 349. The van der Waals surface area contributed by atoms with E-state index in [-0.39, 0.29) is 17.7 Å². The standard InChI is InChI=1S/C12H18ClFN2O/c13-10-7-9(3-4-11(10)14)12(8-15)16-5-1-2-6-17/h3-4,7,12,16-17H,1-2,5-6,8,15H2. The number of unbranched alkanes of at least 4 members (excludes halogenated alkanes) is 1. The minimum Gasteiger partial charge on any atom is -0.396 e. The van der Waals surface area contributed by atoms with Gasteiger partial charge in [0.1, 0.15) is 5.82 Å². The normalized spacial score (nSPS) is 12.7. The molecule has 0 heterocycles. The van der Waals surface area contributed by atoms with Crippen molar-refractivity contribution in [1.82, 2.24) is 5.32 Å². The van der Waals surface area contributed by atoms with Crippen LogP contribution in [0.25, 0.3) is 0 Å². The lowest BCUT2D eigenvalue weighted by molar-refractivity contribution is 0.282. The summed E-state index contributed by atoms with van der Waals surface area (Å²) in [6.07, 6.45) is 1.64. The third-order valence-corrected chi connectivity index (χ3v) is 2.85. The molecule has 0 aliphatic carbocycles. The first-order valence-corrected chi connectivity index (χ1v) is 6.06. The predicted molar refractivity (Wildman–Crippen MR) is 67.5 cm³/mol. The van der Waals surface area contributed by atoms with Gasteiger partial charge in [0.2, 0.25) is 0 Å². The fourth-order valence-corrected chi connectivity index (χ4v) is 1.77. The zero-order valence-electron chi connectivity index (χ0n) is 9.63. The van der Waals surface area contributed by atoms with Crippen molar-refractivity contribution in [2.45, 2.75) is 18.9 Å². The molecule has 4 N–H and O–H groups in total. The summed E-state index contributed by atoms with van der Waals surface area (Å²) in [5.74, 6) is -0.425. The van der Waals surface area contributed by atoms with Crippen LogP contribution >= 0.6 is 11.6 Å². The molecular weight excluding hydrogens is 243 g/mol. The molecule has 0 amide bonds. The minimum absolute atomic E-state index is 0.0354. The highest BCUT2D eigenvalue weighted by atomic mass is 35.5. The van der Waals surface area contributed by atoms with Crippen LogP contribution in [-0.4, -0.2) is 24.8 Å². The Morgan fingerprint density at radius 2 is 2.18 bits per heavy atom. The zero-order chi connectivity index (χ0) is 12.7. The van der Waals surface area contributed by atoms with Gasteiger partial charge in [-0.05, 0) is 37.1 Å². The van der Waals surface area contributed by atoms with Crippen LogP contribution in [0.3, 0.4) is 0 Å². The largest absolute Gasteiger partial charge is 0.396 e. The van der Waals surface area contributed by atoms with Gasteiger partial charge in [0.05, 0.1) is 5.02 Å². The molecule has 1 aromatic carbocycles. The van der Waals surface area contributed by atoms with Crippen molar-refractivity contribution in [2.24, 2.45) is 5.73 Å². The highest BCUT2D eigenvalue weighted by Gasteiger charge is 2.10. The van der Waals surface area contributed by atoms with Crippen LogP contribution in [0.5, 0.6) is 0 Å². The maximum absolute atomic E-state index is 13.0. The van der Waals surface area contributed by atoms with Crippen LogP contribution < -0.4 is 11.1 Å². The number of benzene rings is 1. The summed E-state index contributed by atoms with van der Waals surface area (Å²) in [6.45, 7) is 1.37. The van der Waals surface area contributed by atoms with Gasteiger partial charge in [-0.25, -0.2) is 4.39 Å². The number of nitrogens with one attached hydrogen (secondary N) is 1. The van der Waals surface area contributed by atoms with E-state index in [9.17, 15) is 4.39 Å². The van der Waals surface area contributed by atoms with Gasteiger partial charge in [-0.1, -0.05) is 17.7 Å². The topological polar surface area (TPSA) is 58.3 Å². The average molecular weight is 261 g/mol. The van der Waals surface area contributed by atoms with E-state index in [1.807, 2.05) is 0 Å². The average Bonchev–Trinajstić information content (AvgIpc) is 2.33. The van der Waals surface area contributed by atoms with Crippen LogP contribution in [0.4, 0.5) is 4.39 Å². The molecule has 0 bridgehead atoms. The van der Waals surface area contributed by atoms with Crippen LogP contribution in [0.1, 0.15) is 24.4 Å². The molecule has 0 saturated heterocycles. The fourth-order valence-electron chi connectivity index (χ4n) is 1.58. The molecule has 0 aliphatic rings. The van der Waals surface area contributed by atoms with Gasteiger partial charge in [0, 0.05) is 19.2 Å². The molecule has 1 unspecified atom stereocenters. The first-order chi connectivity index (χ1) is 8.19. The SMILES string of the molecule is NCC(NCCCCO)c1ccc(F)c(Cl)c1. The fraction of sp³-hybridized carbons (Fsp3) is 0.500. The summed E-state index contributed by atoms with van der Waals surface area (Å²) in [5.41, 5.74) is 6.54. The molecule has 1 atom stereocenters. The Morgan fingerprint density at radius 1 is 1.41 bits per heavy atom. The summed E-state index contributed by atoms with van der Waals surface area (Å²) >= 11 is 5.72. The van der Waals surface area contributed by atoms with Crippen LogP contribution in [0.2, 0.25) is 5.02 Å². The second-order valence-electron chi connectivity index (χ2n) is 3.85. The zero-order valence-corrected chi connectivity index (χ0v) is 10.4. The van der Waals surface area contributed by atoms with Crippen molar-refractivity contribution in [1.29, 1.82) is 0 Å². The highest BCUT2D eigenvalue weighted by molar-refractivity contribution is 6.30. The van der Waals surface area contributed by atoms with E-state index in [2.05, 4.69) is 5.32 Å². The van der Waals surface area contributed by atoms with Crippen molar-refractivity contribution >= 4 is 11.6 Å². The van der Waals surface area contributed by atoms with E-state index in [4.69, 9.17) is 22.4 Å². The summed E-state index contributed by atoms with van der Waals surface area (Å²) < 4.78 is 13.0. The quantitative estimate of drug-likeness (QED) is 0.656. The number of nitrogens with two attached hydrogens (primary N) is 1. The highest BCUT2D eigenvalue weighted by Crippen LogP contribution is 2.20. The number of aliphatic hydroxyl groups is 1. The van der Waals surface area contributed by atoms with Gasteiger partial charge in [0.15, 0.2) is 0 Å². The van der Waals surface area contributed by atoms with Crippen LogP contribution in [-0.2, 0) is 0 Å². The minimum atomic E-state index is -0.425. The van der Waals surface area contributed by atoms with Gasteiger partial charge >= 0.3 is 0 Å². The van der Waals surface area contributed by atoms with Gasteiger partial charge in [-0.2, -0.15) is 0 Å². The van der Waals surface area contributed by atoms with Crippen molar-refractivity contribution < 1.29 is 9.50 Å². The molecular formula is C12H18ClFN2O. The lowest BCUT2D eigenvalue weighted by Gasteiger charge is -2.17. The van der Waals surface area contributed by atoms with Crippen molar-refractivity contribution in [3.8, 4) is 0 Å². The number of hydrogen-bond acceptors (Lipinski definition) is 3. The van der Waals surface area contributed by atoms with E-state index in [0.29, 0.717) is 6.54 Å². The van der Waals surface area contributed by atoms with Gasteiger partial charge < -0.3 is 16.2 Å². The molecule has 0 radical (unpaired) electrons. The van der Waals surface area contributed by atoms with Crippen molar-refractivity contribution in [3.05, 3.63) is 34.6 Å². The summed E-state index contributed by atoms with van der Waals surface area (Å²) in [6, 6.07) is 4.58. The van der Waals surface area contributed by atoms with E-state index in [1.165, 1.54) is 6.07 Å². The molecule has 0 fully saturated rings. The number of aliphatic hydroxyl groups excluding tert-OH is 1. The lowest BCUT2D eigenvalue weighted by atomic mass is 10.1. The number of rotatable bonds is 7. The van der Waals surface area contributed by atoms with Gasteiger partial charge in [0.25, 0.3) is 0 Å². The monoisotopic (exact) mass is 260 g/mol. The molecule has 1 rings (SSSR count). The lowest BCUT2D eigenvalue weighted by Crippen LogP contribution is -2.29. The van der Waals surface area contributed by atoms with E-state index in [0.717, 1.165) is 24.9 Å². The Labute approximate surface area is 106 Å². The van der Waals surface area contributed by atoms with E-state index < -0.39 is 5.82 Å². The molecule has 0 aromatic heterocycles. The molecule has 0 saturated carbocycles. The van der Waals surface area contributed by atoms with E-state index in [1.54, 1.807) is 12.1 Å². The third-order valence-electron chi connectivity index (χ3n) is 2.56. The predicted octanol–water partition coefficient (Wildman–Crippen LogP) is 1.84. The Hall–Kier alpha value is -0.680. The summed E-state index contributed by atoms with van der Waals surface area (Å²) in [7, 11) is 0. The van der Waals surface area contributed by atoms with Crippen LogP contribution in [0, 0.1) is 5.82 Å². The maximum Gasteiger partial charge on any atom is 0.141 e. The van der Waals surface area contributed by atoms with Gasteiger partial charge in [-0.15, -0.1) is 0 Å². The van der Waals surface area contributed by atoms with Crippen LogP contribution in [0.15, 0.2) is 18.2 Å². The molecule has 0 aliphatic heterocycles. The first kappa shape index (κ1) is 14.4. The van der Waals surface area contributed by atoms with Gasteiger partial charge in [-0.3, -0.25) is 0 Å². The number of hydrogen-bond donors (Lipinski definition) is 3. The molecule has 0 spiro atoms. The molecule has 3 nitrogen and oxygen atoms in total. The Kier molecular flexibility index (Phi) is 6.44. The van der Waals surface area contributed by atoms with Crippen molar-refractivity contribution in [2.75, 3.05) is 19.7 Å². The van der Waals surface area contributed by atoms with Crippen molar-refractivity contribution in [3.63, 3.8) is 0 Å². The first-order valence-electron chi connectivity index (χ1n) is 5.68. The number of halogens is 2. The second-order valence-corrected chi connectivity index (χ2v) is 4.25. The Balaban J connectivity index is 2.56. The maximum atomic E-state index is 13.0. The molecule has 5 heteroatoms. The summed E-state index contributed by atoms with van der Waals surface area (Å²) in [5, 5.41) is 12.0. The van der Waals surface area contributed by atoms with E-state index >= 15 is 0 Å². The smallest absolute Gasteiger partial charge is 0.141 e. The second kappa shape index (κ2) is 7.61. The molecule has 17 heavy (non-hydrogen) atoms.